The van der Waals surface area contributed by atoms with Crippen LogP contribution in [-0.4, -0.2) is 31.7 Å². The first-order valence-electron chi connectivity index (χ1n) is 9.59. The van der Waals surface area contributed by atoms with Crippen LogP contribution < -0.4 is 0 Å². The average molecular weight is 356 g/mol. The highest BCUT2D eigenvalue weighted by atomic mass is 16.5. The normalized spacial score (nSPS) is 29.4. The monoisotopic (exact) mass is 356 g/mol. The van der Waals surface area contributed by atoms with Gasteiger partial charge in [0.25, 0.3) is 5.78 Å². The molecule has 0 N–H and O–H groups in total. The molecule has 2 heterocycles. The molecule has 0 amide bonds. The predicted octanol–water partition coefficient (Wildman–Crippen LogP) is 3.43. The largest absolute Gasteiger partial charge is 0.462 e. The van der Waals surface area contributed by atoms with Crippen LogP contribution in [0.25, 0.3) is 5.78 Å². The zero-order valence-corrected chi connectivity index (χ0v) is 16.4. The van der Waals surface area contributed by atoms with E-state index in [1.807, 2.05) is 13.8 Å². The Kier molecular flexibility index (Phi) is 3.86. The fourth-order valence-electron chi connectivity index (χ4n) is 5.27. The van der Waals surface area contributed by atoms with Crippen LogP contribution in [-0.2, 0) is 16.0 Å². The van der Waals surface area contributed by atoms with E-state index in [0.29, 0.717) is 24.5 Å². The van der Waals surface area contributed by atoms with Gasteiger partial charge in [0.05, 0.1) is 0 Å². The summed E-state index contributed by atoms with van der Waals surface area (Å²) < 4.78 is 7.69. The number of hydrogen-bond acceptors (Lipinski definition) is 5. The minimum atomic E-state index is -0.0999. The minimum Gasteiger partial charge on any atom is -0.462 e. The van der Waals surface area contributed by atoms with Crippen molar-refractivity contribution in [3.05, 3.63) is 23.3 Å². The maximum absolute atomic E-state index is 12.6. The second-order valence-corrected chi connectivity index (χ2v) is 8.82. The molecular weight excluding hydrogens is 328 g/mol. The van der Waals surface area contributed by atoms with E-state index in [4.69, 9.17) is 4.74 Å². The molecule has 6 nitrogen and oxygen atoms in total. The maximum atomic E-state index is 12.6. The van der Waals surface area contributed by atoms with Gasteiger partial charge in [-0.05, 0) is 56.4 Å². The van der Waals surface area contributed by atoms with E-state index < -0.39 is 0 Å². The molecule has 2 aromatic heterocycles. The van der Waals surface area contributed by atoms with Crippen LogP contribution in [0, 0.1) is 30.6 Å². The van der Waals surface area contributed by atoms with E-state index in [9.17, 15) is 4.79 Å². The molecule has 0 unspecified atom stereocenters. The average Bonchev–Trinajstić information content (AvgIpc) is 3.17. The predicted molar refractivity (Wildman–Crippen MR) is 97.7 cm³/mol. The van der Waals surface area contributed by atoms with Crippen molar-refractivity contribution >= 4 is 11.7 Å². The highest BCUT2D eigenvalue weighted by Crippen LogP contribution is 2.66. The Balaban J connectivity index is 1.44. The van der Waals surface area contributed by atoms with Gasteiger partial charge in [-0.1, -0.05) is 20.8 Å². The quantitative estimate of drug-likeness (QED) is 0.785. The van der Waals surface area contributed by atoms with Gasteiger partial charge in [0, 0.05) is 23.2 Å². The van der Waals surface area contributed by atoms with Gasteiger partial charge in [0.1, 0.15) is 12.4 Å². The van der Waals surface area contributed by atoms with Crippen LogP contribution in [0.2, 0.25) is 0 Å². The van der Waals surface area contributed by atoms with Crippen molar-refractivity contribution in [1.29, 1.82) is 0 Å². The molecule has 2 aromatic rings. The van der Waals surface area contributed by atoms with Crippen molar-refractivity contribution in [2.75, 3.05) is 0 Å². The highest BCUT2D eigenvalue weighted by Gasteiger charge is 2.62. The number of esters is 1. The van der Waals surface area contributed by atoms with Gasteiger partial charge >= 0.3 is 5.97 Å². The Bertz CT molecular complexity index is 872. The third-order valence-corrected chi connectivity index (χ3v) is 7.56. The number of carbonyl (C=O) groups excluding carboxylic acids is 1. The Labute approximate surface area is 154 Å². The molecule has 140 valence electrons. The number of nitrogens with zero attached hydrogens (tertiary/aromatic N) is 4. The van der Waals surface area contributed by atoms with Crippen molar-refractivity contribution in [1.82, 2.24) is 19.6 Å². The van der Waals surface area contributed by atoms with Gasteiger partial charge in [0.2, 0.25) is 0 Å². The first-order valence-corrected chi connectivity index (χ1v) is 9.59. The molecular formula is C20H28N4O2. The third kappa shape index (κ3) is 2.37. The van der Waals surface area contributed by atoms with Crippen LogP contribution in [0.4, 0.5) is 0 Å². The fraction of sp³-hybridized carbons (Fsp3) is 0.700. The summed E-state index contributed by atoms with van der Waals surface area (Å²) in [6, 6.07) is 0. The lowest BCUT2D eigenvalue weighted by molar-refractivity contribution is -0.156. The maximum Gasteiger partial charge on any atom is 0.306 e. The number of aryl methyl sites for hydroxylation is 2. The summed E-state index contributed by atoms with van der Waals surface area (Å²) in [5.74, 6) is 1.18. The smallest absolute Gasteiger partial charge is 0.306 e. The van der Waals surface area contributed by atoms with E-state index in [1.54, 1.807) is 4.52 Å². The Hall–Kier alpha value is -1.98. The number of carbonyl (C=O) groups is 1. The molecule has 0 saturated heterocycles. The Morgan fingerprint density at radius 1 is 1.35 bits per heavy atom. The fourth-order valence-corrected chi connectivity index (χ4v) is 5.27. The zero-order valence-electron chi connectivity index (χ0n) is 16.4. The van der Waals surface area contributed by atoms with Crippen molar-refractivity contribution < 1.29 is 9.53 Å². The Morgan fingerprint density at radius 2 is 2.12 bits per heavy atom. The van der Waals surface area contributed by atoms with E-state index >= 15 is 0 Å². The van der Waals surface area contributed by atoms with Crippen LogP contribution in [0.5, 0.6) is 0 Å². The van der Waals surface area contributed by atoms with Crippen molar-refractivity contribution in [2.24, 2.45) is 16.7 Å². The molecule has 2 fully saturated rings. The van der Waals surface area contributed by atoms with Crippen molar-refractivity contribution in [2.45, 2.75) is 72.8 Å². The number of fused-ring (bicyclic) bond motifs is 3. The van der Waals surface area contributed by atoms with Gasteiger partial charge < -0.3 is 4.74 Å². The van der Waals surface area contributed by atoms with Crippen molar-refractivity contribution in [3.63, 3.8) is 0 Å². The molecule has 3 atom stereocenters. The second kappa shape index (κ2) is 5.76. The summed E-state index contributed by atoms with van der Waals surface area (Å²) in [6.07, 6.45) is 6.00. The summed E-state index contributed by atoms with van der Waals surface area (Å²) in [6.45, 7) is 10.9. The SMILES string of the molecule is Cc1nc2ncnn2c(C)c1CCC(=O)O[C@@H]1C[C@H]2CC[C@@]1(C)C2(C)C. The topological polar surface area (TPSA) is 69.4 Å². The molecule has 4 rings (SSSR count). The van der Waals surface area contributed by atoms with Crippen LogP contribution in [0.1, 0.15) is 63.4 Å². The lowest BCUT2D eigenvalue weighted by Crippen LogP contribution is -2.38. The van der Waals surface area contributed by atoms with Gasteiger partial charge in [0.15, 0.2) is 0 Å². The van der Waals surface area contributed by atoms with Gasteiger partial charge in [-0.25, -0.2) is 9.50 Å². The van der Waals surface area contributed by atoms with E-state index in [1.165, 1.54) is 12.7 Å². The second-order valence-electron chi connectivity index (χ2n) is 8.82. The number of hydrogen-bond donors (Lipinski definition) is 0. The van der Waals surface area contributed by atoms with Gasteiger partial charge in [-0.2, -0.15) is 10.1 Å². The molecule has 6 heteroatoms. The van der Waals surface area contributed by atoms with E-state index in [-0.39, 0.29) is 22.9 Å². The third-order valence-electron chi connectivity index (χ3n) is 7.56. The summed E-state index contributed by atoms with van der Waals surface area (Å²) in [7, 11) is 0. The highest BCUT2D eigenvalue weighted by molar-refractivity contribution is 5.70. The standard InChI is InChI=1S/C20H28N4O2/c1-12-15(13(2)24-18(23-12)21-11-22-24)6-7-17(25)26-16-10-14-8-9-20(16,5)19(14,3)4/h11,14,16H,6-10H2,1-5H3/t14-,16-,20-/m1/s1. The minimum absolute atomic E-state index is 0.0573. The molecule has 2 bridgehead atoms. The molecule has 0 radical (unpaired) electrons. The van der Waals surface area contributed by atoms with E-state index in [2.05, 4.69) is 35.8 Å². The molecule has 2 aliphatic carbocycles. The molecule has 2 saturated carbocycles. The lowest BCUT2D eigenvalue weighted by Gasteiger charge is -2.38. The van der Waals surface area contributed by atoms with Crippen LogP contribution in [0.15, 0.2) is 6.33 Å². The molecule has 26 heavy (non-hydrogen) atoms. The molecule has 0 spiro atoms. The number of ether oxygens (including phenoxy) is 1. The first-order chi connectivity index (χ1) is 12.2. The zero-order chi connectivity index (χ0) is 18.7. The Morgan fingerprint density at radius 3 is 2.77 bits per heavy atom. The van der Waals surface area contributed by atoms with Crippen molar-refractivity contribution in [3.8, 4) is 0 Å². The lowest BCUT2D eigenvalue weighted by atomic mass is 9.70. The number of rotatable bonds is 4. The van der Waals surface area contributed by atoms with E-state index in [0.717, 1.165) is 29.8 Å². The first kappa shape index (κ1) is 17.4. The van der Waals surface area contributed by atoms with Crippen LogP contribution >= 0.6 is 0 Å². The van der Waals surface area contributed by atoms with Gasteiger partial charge in [-0.15, -0.1) is 0 Å². The summed E-state index contributed by atoms with van der Waals surface area (Å²) in [4.78, 5) is 21.2. The van der Waals surface area contributed by atoms with Gasteiger partial charge in [-0.3, -0.25) is 4.79 Å². The molecule has 0 aromatic carbocycles. The summed E-state index contributed by atoms with van der Waals surface area (Å²) in [5.41, 5.74) is 3.32. The molecule has 2 aliphatic rings. The summed E-state index contributed by atoms with van der Waals surface area (Å²) >= 11 is 0. The summed E-state index contributed by atoms with van der Waals surface area (Å²) in [5, 5.41) is 4.21. The number of aromatic nitrogens is 4. The molecule has 0 aliphatic heterocycles. The van der Waals surface area contributed by atoms with Crippen LogP contribution in [0.3, 0.4) is 0 Å².